The van der Waals surface area contributed by atoms with Gasteiger partial charge in [-0.15, -0.1) is 0 Å². The van der Waals surface area contributed by atoms with E-state index in [9.17, 15) is 9.59 Å². The van der Waals surface area contributed by atoms with E-state index in [1.54, 1.807) is 12.1 Å². The predicted molar refractivity (Wildman–Crippen MR) is 176 cm³/mol. The maximum atomic E-state index is 14.3. The van der Waals surface area contributed by atoms with Crippen LogP contribution in [0, 0.1) is 0 Å². The number of aromatic nitrogens is 2. The molecule has 2 amide bonds. The van der Waals surface area contributed by atoms with Crippen LogP contribution in [0.5, 0.6) is 17.2 Å². The van der Waals surface area contributed by atoms with Crippen LogP contribution in [0.15, 0.2) is 66.7 Å². The number of benzene rings is 3. The summed E-state index contributed by atoms with van der Waals surface area (Å²) in [6.07, 6.45) is 3.34. The van der Waals surface area contributed by atoms with Gasteiger partial charge in [0, 0.05) is 44.3 Å². The normalized spacial score (nSPS) is 20.4. The third-order valence-corrected chi connectivity index (χ3v) is 10.2. The molecule has 3 aromatic carbocycles. The number of piperidine rings is 1. The molecule has 0 spiro atoms. The molecule has 0 bridgehead atoms. The van der Waals surface area contributed by atoms with Gasteiger partial charge in [0.1, 0.15) is 0 Å². The molecule has 0 saturated carbocycles. The summed E-state index contributed by atoms with van der Waals surface area (Å²) in [6.45, 7) is 5.05. The van der Waals surface area contributed by atoms with Crippen LogP contribution in [0.4, 0.5) is 5.95 Å². The van der Waals surface area contributed by atoms with Crippen LogP contribution >= 0.6 is 0 Å². The molecule has 46 heavy (non-hydrogen) atoms. The molecular formula is C36H41N5O5. The molecule has 0 N–H and O–H groups in total. The molecule has 4 heterocycles. The van der Waals surface area contributed by atoms with Crippen molar-refractivity contribution in [3.8, 4) is 17.2 Å². The van der Waals surface area contributed by atoms with Gasteiger partial charge in [-0.1, -0.05) is 42.5 Å². The number of nitrogens with zero attached hydrogens (tertiary/aromatic N) is 5. The fourth-order valence-corrected chi connectivity index (χ4v) is 7.68. The van der Waals surface area contributed by atoms with Gasteiger partial charge in [-0.3, -0.25) is 14.5 Å². The molecule has 1 aromatic heterocycles. The Morgan fingerprint density at radius 1 is 0.870 bits per heavy atom. The SMILES string of the molecule is COc1cc(C(=O)N2CCC(CCN3CCC(N4CCn5c4nc4ccccc45)CC3)(c3ccccc3)C2=O)cc(OC)c1OC. The molecule has 0 radical (unpaired) electrons. The van der Waals surface area contributed by atoms with Crippen LogP contribution < -0.4 is 19.1 Å². The van der Waals surface area contributed by atoms with E-state index in [1.807, 2.05) is 36.4 Å². The largest absolute Gasteiger partial charge is 0.493 e. The number of amides is 2. The Morgan fingerprint density at radius 3 is 2.26 bits per heavy atom. The lowest BCUT2D eigenvalue weighted by Gasteiger charge is -2.38. The van der Waals surface area contributed by atoms with Gasteiger partial charge in [-0.05, 0) is 62.1 Å². The predicted octanol–water partition coefficient (Wildman–Crippen LogP) is 4.75. The van der Waals surface area contributed by atoms with E-state index in [4.69, 9.17) is 19.2 Å². The van der Waals surface area contributed by atoms with Crippen molar-refractivity contribution in [3.05, 3.63) is 77.9 Å². The van der Waals surface area contributed by atoms with Gasteiger partial charge in [0.2, 0.25) is 17.6 Å². The standard InChI is InChI=1S/C36H41N5O5/c1-44-30-23-25(24-31(45-2)32(30)46-3)33(42)41-20-16-36(34(41)43,26-9-5-4-6-10-26)15-19-38-17-13-27(14-18-38)39-21-22-40-29-12-8-7-11-28(29)37-35(39)40/h4-12,23-24,27H,13-22H2,1-3H3. The Labute approximate surface area is 269 Å². The van der Waals surface area contributed by atoms with E-state index < -0.39 is 5.41 Å². The minimum atomic E-state index is -0.770. The van der Waals surface area contributed by atoms with Gasteiger partial charge in [0.25, 0.3) is 5.91 Å². The highest BCUT2D eigenvalue weighted by molar-refractivity contribution is 6.09. The zero-order valence-corrected chi connectivity index (χ0v) is 26.8. The van der Waals surface area contributed by atoms with Crippen LogP contribution in [-0.4, -0.2) is 91.3 Å². The first-order valence-electron chi connectivity index (χ1n) is 16.1. The zero-order valence-electron chi connectivity index (χ0n) is 26.8. The van der Waals surface area contributed by atoms with Gasteiger partial charge in [0.05, 0.1) is 37.8 Å². The first-order chi connectivity index (χ1) is 22.5. The minimum absolute atomic E-state index is 0.150. The third-order valence-electron chi connectivity index (χ3n) is 10.2. The lowest BCUT2D eigenvalue weighted by molar-refractivity contribution is -0.130. The summed E-state index contributed by atoms with van der Waals surface area (Å²) in [7, 11) is 4.54. The number of ether oxygens (including phenoxy) is 3. The highest BCUT2D eigenvalue weighted by Gasteiger charge is 2.50. The number of rotatable bonds is 9. The average Bonchev–Trinajstić information content (AvgIpc) is 3.79. The summed E-state index contributed by atoms with van der Waals surface area (Å²) >= 11 is 0. The topological polar surface area (TPSA) is 89.4 Å². The molecule has 1 atom stereocenters. The molecule has 10 nitrogen and oxygen atoms in total. The van der Waals surface area contributed by atoms with E-state index in [0.29, 0.717) is 48.2 Å². The van der Waals surface area contributed by atoms with Crippen molar-refractivity contribution in [2.45, 2.75) is 43.7 Å². The van der Waals surface area contributed by atoms with Crippen molar-refractivity contribution in [3.63, 3.8) is 0 Å². The maximum absolute atomic E-state index is 14.3. The number of likely N-dealkylation sites (tertiary alicyclic amines) is 2. The summed E-state index contributed by atoms with van der Waals surface area (Å²) in [5.41, 5.74) is 2.79. The number of fused-ring (bicyclic) bond motifs is 3. The Balaban J connectivity index is 1.06. The van der Waals surface area contributed by atoms with Crippen LogP contribution in [0.2, 0.25) is 0 Å². The van der Waals surface area contributed by atoms with E-state index in [0.717, 1.165) is 62.6 Å². The van der Waals surface area contributed by atoms with E-state index in [1.165, 1.54) is 31.7 Å². The molecule has 2 saturated heterocycles. The molecular weight excluding hydrogens is 582 g/mol. The Kier molecular flexibility index (Phi) is 8.06. The Hall–Kier alpha value is -4.57. The summed E-state index contributed by atoms with van der Waals surface area (Å²) in [5, 5.41) is 0. The molecule has 10 heteroatoms. The molecule has 3 aliphatic rings. The number of methoxy groups -OCH3 is 3. The summed E-state index contributed by atoms with van der Waals surface area (Å²) < 4.78 is 18.7. The smallest absolute Gasteiger partial charge is 0.260 e. The summed E-state index contributed by atoms with van der Waals surface area (Å²) in [6, 6.07) is 22.0. The summed E-state index contributed by atoms with van der Waals surface area (Å²) in [4.78, 5) is 39.6. The number of hydrogen-bond donors (Lipinski definition) is 0. The third kappa shape index (κ3) is 5.05. The molecule has 1 unspecified atom stereocenters. The first kappa shape index (κ1) is 30.1. The van der Waals surface area contributed by atoms with Crippen molar-refractivity contribution in [1.29, 1.82) is 0 Å². The fourth-order valence-electron chi connectivity index (χ4n) is 7.68. The second-order valence-electron chi connectivity index (χ2n) is 12.4. The van der Waals surface area contributed by atoms with Crippen LogP contribution in [0.25, 0.3) is 11.0 Å². The van der Waals surface area contributed by atoms with Gasteiger partial charge in [-0.2, -0.15) is 0 Å². The first-order valence-corrected chi connectivity index (χ1v) is 16.1. The fraction of sp³-hybridized carbons (Fsp3) is 0.417. The molecule has 2 fully saturated rings. The van der Waals surface area contributed by atoms with Crippen molar-refractivity contribution >= 4 is 28.8 Å². The lowest BCUT2D eigenvalue weighted by atomic mass is 9.76. The van der Waals surface area contributed by atoms with Gasteiger partial charge in [0.15, 0.2) is 11.5 Å². The van der Waals surface area contributed by atoms with Crippen molar-refractivity contribution < 1.29 is 23.8 Å². The number of para-hydroxylation sites is 2. The number of carbonyl (C=O) groups is 2. The van der Waals surface area contributed by atoms with E-state index in [-0.39, 0.29) is 11.8 Å². The molecule has 0 aliphatic carbocycles. The number of anilines is 1. The number of carbonyl (C=O) groups excluding carboxylic acids is 2. The zero-order chi connectivity index (χ0) is 31.8. The lowest BCUT2D eigenvalue weighted by Crippen LogP contribution is -2.47. The molecule has 7 rings (SSSR count). The second kappa shape index (κ2) is 12.3. The maximum Gasteiger partial charge on any atom is 0.260 e. The quantitative estimate of drug-likeness (QED) is 0.247. The number of imide groups is 1. The number of hydrogen-bond acceptors (Lipinski definition) is 8. The summed E-state index contributed by atoms with van der Waals surface area (Å²) in [5.74, 6) is 1.74. The van der Waals surface area contributed by atoms with Gasteiger partial charge in [-0.25, -0.2) is 4.98 Å². The molecule has 3 aliphatic heterocycles. The Bertz CT molecular complexity index is 1720. The average molecular weight is 624 g/mol. The van der Waals surface area contributed by atoms with E-state index >= 15 is 0 Å². The highest BCUT2D eigenvalue weighted by Crippen LogP contribution is 2.42. The highest BCUT2D eigenvalue weighted by atomic mass is 16.5. The van der Waals surface area contributed by atoms with Gasteiger partial charge >= 0.3 is 0 Å². The Morgan fingerprint density at radius 2 is 1.57 bits per heavy atom. The van der Waals surface area contributed by atoms with Crippen LogP contribution in [0.1, 0.15) is 41.6 Å². The van der Waals surface area contributed by atoms with E-state index in [2.05, 4.69) is 32.6 Å². The van der Waals surface area contributed by atoms with Crippen molar-refractivity contribution in [2.24, 2.45) is 0 Å². The molecule has 4 aromatic rings. The van der Waals surface area contributed by atoms with Gasteiger partial charge < -0.3 is 28.6 Å². The van der Waals surface area contributed by atoms with Crippen molar-refractivity contribution in [1.82, 2.24) is 19.4 Å². The van der Waals surface area contributed by atoms with Crippen LogP contribution in [0.3, 0.4) is 0 Å². The molecule has 240 valence electrons. The van der Waals surface area contributed by atoms with Crippen molar-refractivity contribution in [2.75, 3.05) is 59.0 Å². The van der Waals surface area contributed by atoms with Crippen LogP contribution in [-0.2, 0) is 16.8 Å². The minimum Gasteiger partial charge on any atom is -0.493 e. The second-order valence-corrected chi connectivity index (χ2v) is 12.4. The number of imidazole rings is 1. The monoisotopic (exact) mass is 623 g/mol.